The van der Waals surface area contributed by atoms with Crippen molar-refractivity contribution in [3.05, 3.63) is 35.4 Å². The van der Waals surface area contributed by atoms with Gasteiger partial charge in [0, 0.05) is 12.3 Å². The predicted octanol–water partition coefficient (Wildman–Crippen LogP) is 2.30. The highest BCUT2D eigenvalue weighted by molar-refractivity contribution is 5.83. The van der Waals surface area contributed by atoms with Crippen LogP contribution in [0.5, 0.6) is 0 Å². The molecule has 17 heavy (non-hydrogen) atoms. The molecule has 4 atom stereocenters. The standard InChI is InChI=1S/C15H18O2/c1-9-14(16)8-13-11-5-3-2-4-10(11)6-7-12(13)15(9)17/h2-5,9,12-13,15,17H,6-8H2,1H3/t9?,12-,13-,15+/m1/s1. The average Bonchev–Trinajstić information content (AvgIpc) is 2.36. The Balaban J connectivity index is 2.01. The third-order valence-corrected chi connectivity index (χ3v) is 4.60. The molecule has 1 saturated carbocycles. The van der Waals surface area contributed by atoms with Crippen LogP contribution in [0.15, 0.2) is 24.3 Å². The number of hydrogen-bond acceptors (Lipinski definition) is 2. The van der Waals surface area contributed by atoms with Crippen molar-refractivity contribution in [2.24, 2.45) is 11.8 Å². The second-order valence-corrected chi connectivity index (χ2v) is 5.46. The van der Waals surface area contributed by atoms with Gasteiger partial charge in [-0.15, -0.1) is 0 Å². The van der Waals surface area contributed by atoms with Crippen molar-refractivity contribution < 1.29 is 9.90 Å². The van der Waals surface area contributed by atoms with E-state index in [0.717, 1.165) is 12.8 Å². The Hall–Kier alpha value is -1.15. The molecule has 1 unspecified atom stereocenters. The van der Waals surface area contributed by atoms with E-state index in [2.05, 4.69) is 18.2 Å². The maximum atomic E-state index is 11.9. The zero-order valence-electron chi connectivity index (χ0n) is 10.1. The largest absolute Gasteiger partial charge is 0.392 e. The summed E-state index contributed by atoms with van der Waals surface area (Å²) in [7, 11) is 0. The summed E-state index contributed by atoms with van der Waals surface area (Å²) in [5.74, 6) is 0.563. The van der Waals surface area contributed by atoms with Crippen LogP contribution in [0.1, 0.15) is 36.8 Å². The molecule has 90 valence electrons. The number of carbonyl (C=O) groups is 1. The molecule has 3 rings (SSSR count). The first-order valence-electron chi connectivity index (χ1n) is 6.47. The van der Waals surface area contributed by atoms with E-state index in [0.29, 0.717) is 6.42 Å². The fraction of sp³-hybridized carbons (Fsp3) is 0.533. The number of fused-ring (bicyclic) bond motifs is 3. The van der Waals surface area contributed by atoms with Crippen molar-refractivity contribution in [2.75, 3.05) is 0 Å². The minimum Gasteiger partial charge on any atom is -0.392 e. The Morgan fingerprint density at radius 1 is 1.29 bits per heavy atom. The smallest absolute Gasteiger partial charge is 0.138 e. The van der Waals surface area contributed by atoms with Crippen molar-refractivity contribution in [3.8, 4) is 0 Å². The first kappa shape index (κ1) is 11.0. The highest BCUT2D eigenvalue weighted by Gasteiger charge is 2.43. The van der Waals surface area contributed by atoms with Gasteiger partial charge in [-0.1, -0.05) is 31.2 Å². The van der Waals surface area contributed by atoms with Gasteiger partial charge in [0.05, 0.1) is 6.10 Å². The lowest BCUT2D eigenvalue weighted by Gasteiger charge is -2.42. The molecule has 2 aliphatic rings. The van der Waals surface area contributed by atoms with Gasteiger partial charge in [0.2, 0.25) is 0 Å². The first-order valence-corrected chi connectivity index (χ1v) is 6.47. The van der Waals surface area contributed by atoms with Crippen molar-refractivity contribution in [1.29, 1.82) is 0 Å². The molecule has 2 nitrogen and oxygen atoms in total. The number of rotatable bonds is 0. The van der Waals surface area contributed by atoms with E-state index < -0.39 is 6.10 Å². The minimum absolute atomic E-state index is 0.179. The molecule has 2 heteroatoms. The molecule has 1 aromatic rings. The topological polar surface area (TPSA) is 37.3 Å². The summed E-state index contributed by atoms with van der Waals surface area (Å²) in [4.78, 5) is 11.9. The van der Waals surface area contributed by atoms with Gasteiger partial charge >= 0.3 is 0 Å². The van der Waals surface area contributed by atoms with Gasteiger partial charge in [-0.25, -0.2) is 0 Å². The van der Waals surface area contributed by atoms with Crippen LogP contribution in [-0.4, -0.2) is 17.0 Å². The van der Waals surface area contributed by atoms with Gasteiger partial charge in [0.1, 0.15) is 5.78 Å². The number of benzene rings is 1. The summed E-state index contributed by atoms with van der Waals surface area (Å²) in [6.45, 7) is 1.86. The zero-order chi connectivity index (χ0) is 12.0. The van der Waals surface area contributed by atoms with E-state index in [1.165, 1.54) is 11.1 Å². The molecule has 1 N–H and O–H groups in total. The van der Waals surface area contributed by atoms with Gasteiger partial charge in [0.15, 0.2) is 0 Å². The molecule has 0 spiro atoms. The third kappa shape index (κ3) is 1.62. The molecule has 0 amide bonds. The van der Waals surface area contributed by atoms with Crippen LogP contribution in [-0.2, 0) is 11.2 Å². The predicted molar refractivity (Wildman–Crippen MR) is 65.8 cm³/mol. The lowest BCUT2D eigenvalue weighted by Crippen LogP contribution is -2.44. The maximum Gasteiger partial charge on any atom is 0.138 e. The second-order valence-electron chi connectivity index (χ2n) is 5.46. The van der Waals surface area contributed by atoms with E-state index in [4.69, 9.17) is 0 Å². The normalized spacial score (nSPS) is 36.2. The summed E-state index contributed by atoms with van der Waals surface area (Å²) < 4.78 is 0. The highest BCUT2D eigenvalue weighted by atomic mass is 16.3. The molecule has 1 aromatic carbocycles. The Morgan fingerprint density at radius 2 is 2.06 bits per heavy atom. The third-order valence-electron chi connectivity index (χ3n) is 4.60. The van der Waals surface area contributed by atoms with Gasteiger partial charge in [-0.3, -0.25) is 4.79 Å². The van der Waals surface area contributed by atoms with E-state index in [1.807, 2.05) is 13.0 Å². The minimum atomic E-state index is -0.449. The van der Waals surface area contributed by atoms with Crippen molar-refractivity contribution in [3.63, 3.8) is 0 Å². The molecule has 0 aromatic heterocycles. The molecule has 1 fully saturated rings. The van der Waals surface area contributed by atoms with Crippen LogP contribution in [0.25, 0.3) is 0 Å². The van der Waals surface area contributed by atoms with Gasteiger partial charge in [-0.2, -0.15) is 0 Å². The molecule has 2 aliphatic carbocycles. The van der Waals surface area contributed by atoms with Gasteiger partial charge in [0.25, 0.3) is 0 Å². The quantitative estimate of drug-likeness (QED) is 0.742. The van der Waals surface area contributed by atoms with Crippen LogP contribution in [0, 0.1) is 11.8 Å². The number of aryl methyl sites for hydroxylation is 1. The molecule has 0 bridgehead atoms. The second kappa shape index (κ2) is 3.95. The van der Waals surface area contributed by atoms with E-state index in [-0.39, 0.29) is 23.5 Å². The molecule has 0 saturated heterocycles. The summed E-state index contributed by atoms with van der Waals surface area (Å²) >= 11 is 0. The summed E-state index contributed by atoms with van der Waals surface area (Å²) in [6, 6.07) is 8.38. The Kier molecular flexibility index (Phi) is 2.55. The van der Waals surface area contributed by atoms with Crippen LogP contribution >= 0.6 is 0 Å². The molecular formula is C15H18O2. The maximum absolute atomic E-state index is 11.9. The molecular weight excluding hydrogens is 212 g/mol. The number of hydrogen-bond donors (Lipinski definition) is 1. The number of carbonyl (C=O) groups excluding carboxylic acids is 1. The van der Waals surface area contributed by atoms with Crippen LogP contribution in [0.4, 0.5) is 0 Å². The monoisotopic (exact) mass is 230 g/mol. The fourth-order valence-corrected chi connectivity index (χ4v) is 3.51. The number of aliphatic hydroxyl groups is 1. The molecule has 0 heterocycles. The summed E-state index contributed by atoms with van der Waals surface area (Å²) in [6.07, 6.45) is 2.21. The van der Waals surface area contributed by atoms with E-state index in [1.54, 1.807) is 0 Å². The summed E-state index contributed by atoms with van der Waals surface area (Å²) in [5, 5.41) is 10.2. The van der Waals surface area contributed by atoms with Crippen molar-refractivity contribution in [1.82, 2.24) is 0 Å². The van der Waals surface area contributed by atoms with Gasteiger partial charge in [-0.05, 0) is 35.8 Å². The number of aliphatic hydroxyl groups excluding tert-OH is 1. The van der Waals surface area contributed by atoms with Crippen molar-refractivity contribution in [2.45, 2.75) is 38.2 Å². The SMILES string of the molecule is CC1C(=O)C[C@@H]2c3ccccc3CC[C@H]2[C@H]1O. The van der Waals surface area contributed by atoms with Gasteiger partial charge < -0.3 is 5.11 Å². The lowest BCUT2D eigenvalue weighted by atomic mass is 9.64. The number of ketones is 1. The zero-order valence-corrected chi connectivity index (χ0v) is 10.1. The molecule has 0 aliphatic heterocycles. The van der Waals surface area contributed by atoms with E-state index in [9.17, 15) is 9.90 Å². The fourth-order valence-electron chi connectivity index (χ4n) is 3.51. The number of Topliss-reactive ketones (excluding diaryl/α,β-unsaturated/α-hetero) is 1. The lowest BCUT2D eigenvalue weighted by molar-refractivity contribution is -0.132. The highest BCUT2D eigenvalue weighted by Crippen LogP contribution is 2.45. The summed E-state index contributed by atoms with van der Waals surface area (Å²) in [5.41, 5.74) is 2.66. The Labute approximate surface area is 102 Å². The van der Waals surface area contributed by atoms with Crippen molar-refractivity contribution >= 4 is 5.78 Å². The van der Waals surface area contributed by atoms with Crippen LogP contribution < -0.4 is 0 Å². The molecule has 0 radical (unpaired) electrons. The Bertz CT molecular complexity index is 452. The Morgan fingerprint density at radius 3 is 2.88 bits per heavy atom. The van der Waals surface area contributed by atoms with Crippen LogP contribution in [0.2, 0.25) is 0 Å². The average molecular weight is 230 g/mol. The van der Waals surface area contributed by atoms with E-state index >= 15 is 0 Å². The van der Waals surface area contributed by atoms with Crippen LogP contribution in [0.3, 0.4) is 0 Å². The first-order chi connectivity index (χ1) is 8.18.